The van der Waals surface area contributed by atoms with Crippen LogP contribution in [0.1, 0.15) is 31.2 Å². The Labute approximate surface area is 115 Å². The molecule has 0 radical (unpaired) electrons. The summed E-state index contributed by atoms with van der Waals surface area (Å²) in [7, 11) is 0. The molecular weight excluding hydrogens is 230 g/mol. The van der Waals surface area contributed by atoms with Crippen LogP contribution in [0, 0.1) is 5.92 Å². The van der Waals surface area contributed by atoms with Gasteiger partial charge in [-0.1, -0.05) is 42.5 Å². The third kappa shape index (κ3) is 1.97. The number of benzene rings is 2. The number of rotatable bonds is 3. The van der Waals surface area contributed by atoms with E-state index in [-0.39, 0.29) is 0 Å². The molecule has 98 valence electrons. The van der Waals surface area contributed by atoms with Crippen LogP contribution in [0.3, 0.4) is 0 Å². The molecular formula is C18H21N. The first kappa shape index (κ1) is 11.5. The van der Waals surface area contributed by atoms with Crippen LogP contribution in [0.2, 0.25) is 0 Å². The molecule has 4 rings (SSSR count). The van der Waals surface area contributed by atoms with E-state index in [9.17, 15) is 0 Å². The van der Waals surface area contributed by atoms with Gasteiger partial charge in [0.2, 0.25) is 0 Å². The monoisotopic (exact) mass is 251 g/mol. The molecule has 0 spiro atoms. The molecule has 19 heavy (non-hydrogen) atoms. The Kier molecular flexibility index (Phi) is 2.63. The van der Waals surface area contributed by atoms with E-state index in [2.05, 4.69) is 47.8 Å². The molecule has 0 bridgehead atoms. The molecule has 1 N–H and O–H groups in total. The lowest BCUT2D eigenvalue weighted by Gasteiger charge is -2.30. The summed E-state index contributed by atoms with van der Waals surface area (Å²) >= 11 is 0. The Balaban J connectivity index is 1.74. The molecule has 0 amide bonds. The lowest BCUT2D eigenvalue weighted by molar-refractivity contribution is 0.324. The first-order chi connectivity index (χ1) is 9.37. The average Bonchev–Trinajstić information content (AvgIpc) is 3.21. The van der Waals surface area contributed by atoms with Crippen LogP contribution >= 0.6 is 0 Å². The van der Waals surface area contributed by atoms with Gasteiger partial charge in [0, 0.05) is 5.54 Å². The number of hydrogen-bond acceptors (Lipinski definition) is 1. The van der Waals surface area contributed by atoms with Gasteiger partial charge in [0.25, 0.3) is 0 Å². The molecule has 2 fully saturated rings. The van der Waals surface area contributed by atoms with Crippen LogP contribution in [-0.4, -0.2) is 12.1 Å². The number of fused-ring (bicyclic) bond motifs is 1. The third-order valence-electron chi connectivity index (χ3n) is 5.02. The number of nitrogens with one attached hydrogen (secondary N) is 1. The second-order valence-electron chi connectivity index (χ2n) is 6.28. The zero-order chi connectivity index (χ0) is 12.7. The molecule has 1 heterocycles. The Morgan fingerprint density at radius 3 is 2.68 bits per heavy atom. The van der Waals surface area contributed by atoms with Gasteiger partial charge >= 0.3 is 0 Å². The largest absolute Gasteiger partial charge is 0.311 e. The highest BCUT2D eigenvalue weighted by Gasteiger charge is 2.46. The summed E-state index contributed by atoms with van der Waals surface area (Å²) < 4.78 is 0. The van der Waals surface area contributed by atoms with Crippen molar-refractivity contribution in [2.75, 3.05) is 6.54 Å². The topological polar surface area (TPSA) is 12.0 Å². The summed E-state index contributed by atoms with van der Waals surface area (Å²) in [5.74, 6) is 0.925. The predicted octanol–water partition coefficient (Wildman–Crippen LogP) is 3.91. The van der Waals surface area contributed by atoms with E-state index in [4.69, 9.17) is 0 Å². The highest BCUT2D eigenvalue weighted by atomic mass is 15.0. The zero-order valence-electron chi connectivity index (χ0n) is 11.4. The van der Waals surface area contributed by atoms with Crippen molar-refractivity contribution in [3.63, 3.8) is 0 Å². The summed E-state index contributed by atoms with van der Waals surface area (Å²) in [4.78, 5) is 0. The SMILES string of the molecule is c1ccc2c(CC3(C4CC4)CCCN3)cccc2c1. The maximum absolute atomic E-state index is 3.85. The average molecular weight is 251 g/mol. The van der Waals surface area contributed by atoms with Crippen molar-refractivity contribution in [3.8, 4) is 0 Å². The smallest absolute Gasteiger partial charge is 0.0250 e. The molecule has 2 aromatic carbocycles. The van der Waals surface area contributed by atoms with Crippen molar-refractivity contribution < 1.29 is 0 Å². The number of hydrogen-bond donors (Lipinski definition) is 1. The van der Waals surface area contributed by atoms with Crippen LogP contribution in [0.5, 0.6) is 0 Å². The molecule has 1 atom stereocenters. The molecule has 1 aliphatic carbocycles. The van der Waals surface area contributed by atoms with Gasteiger partial charge in [-0.25, -0.2) is 0 Å². The van der Waals surface area contributed by atoms with Crippen LogP contribution in [0.4, 0.5) is 0 Å². The maximum atomic E-state index is 3.85. The minimum atomic E-state index is 0.407. The quantitative estimate of drug-likeness (QED) is 0.872. The fourth-order valence-corrected chi connectivity index (χ4v) is 3.90. The van der Waals surface area contributed by atoms with E-state index < -0.39 is 0 Å². The fraction of sp³-hybridized carbons (Fsp3) is 0.444. The molecule has 2 aliphatic rings. The summed E-state index contributed by atoms with van der Waals surface area (Å²) in [5, 5.41) is 6.67. The summed E-state index contributed by atoms with van der Waals surface area (Å²) in [6.45, 7) is 1.21. The van der Waals surface area contributed by atoms with E-state index in [0.717, 1.165) is 5.92 Å². The van der Waals surface area contributed by atoms with Crippen LogP contribution in [0.15, 0.2) is 42.5 Å². The van der Waals surface area contributed by atoms with E-state index in [1.165, 1.54) is 55.0 Å². The van der Waals surface area contributed by atoms with Crippen LogP contribution in [0.25, 0.3) is 10.8 Å². The highest BCUT2D eigenvalue weighted by Crippen LogP contribution is 2.46. The van der Waals surface area contributed by atoms with E-state index in [1.807, 2.05) is 0 Å². The van der Waals surface area contributed by atoms with Gasteiger partial charge in [0.15, 0.2) is 0 Å². The van der Waals surface area contributed by atoms with Gasteiger partial charge in [-0.3, -0.25) is 0 Å². The minimum Gasteiger partial charge on any atom is -0.311 e. The van der Waals surface area contributed by atoms with Gasteiger partial charge in [-0.05, 0) is 60.9 Å². The molecule has 0 aromatic heterocycles. The lowest BCUT2D eigenvalue weighted by atomic mass is 9.83. The van der Waals surface area contributed by atoms with Gasteiger partial charge in [-0.15, -0.1) is 0 Å². The molecule has 2 aromatic rings. The maximum Gasteiger partial charge on any atom is 0.0250 e. The molecule has 1 unspecified atom stereocenters. The van der Waals surface area contributed by atoms with Crippen molar-refractivity contribution in [2.45, 2.75) is 37.6 Å². The molecule has 1 aliphatic heterocycles. The van der Waals surface area contributed by atoms with E-state index in [0.29, 0.717) is 5.54 Å². The Bertz CT molecular complexity index is 586. The summed E-state index contributed by atoms with van der Waals surface area (Å²) in [6, 6.07) is 15.6. The normalized spacial score (nSPS) is 26.9. The minimum absolute atomic E-state index is 0.407. The molecule has 1 nitrogen and oxygen atoms in total. The summed E-state index contributed by atoms with van der Waals surface area (Å²) in [6.07, 6.45) is 6.77. The van der Waals surface area contributed by atoms with E-state index in [1.54, 1.807) is 0 Å². The standard InChI is InChI=1S/C18H21N/c1-2-8-17-14(5-1)6-3-7-15(17)13-18(16-9-10-16)11-4-12-19-18/h1-3,5-8,16,19H,4,9-13H2. The first-order valence-electron chi connectivity index (χ1n) is 7.59. The Hall–Kier alpha value is -1.34. The van der Waals surface area contributed by atoms with Crippen molar-refractivity contribution in [1.29, 1.82) is 0 Å². The lowest BCUT2D eigenvalue weighted by Crippen LogP contribution is -2.44. The van der Waals surface area contributed by atoms with E-state index >= 15 is 0 Å². The molecule has 1 saturated carbocycles. The molecule has 1 saturated heterocycles. The van der Waals surface area contributed by atoms with Gasteiger partial charge in [-0.2, -0.15) is 0 Å². The van der Waals surface area contributed by atoms with Crippen molar-refractivity contribution in [3.05, 3.63) is 48.0 Å². The second kappa shape index (κ2) is 4.35. The zero-order valence-corrected chi connectivity index (χ0v) is 11.4. The second-order valence-corrected chi connectivity index (χ2v) is 6.28. The third-order valence-corrected chi connectivity index (χ3v) is 5.02. The van der Waals surface area contributed by atoms with Gasteiger partial charge in [0.05, 0.1) is 0 Å². The Morgan fingerprint density at radius 1 is 1.05 bits per heavy atom. The van der Waals surface area contributed by atoms with Crippen molar-refractivity contribution >= 4 is 10.8 Å². The fourth-order valence-electron chi connectivity index (χ4n) is 3.90. The predicted molar refractivity (Wildman–Crippen MR) is 80.3 cm³/mol. The van der Waals surface area contributed by atoms with Gasteiger partial charge in [0.1, 0.15) is 0 Å². The van der Waals surface area contributed by atoms with Crippen molar-refractivity contribution in [2.24, 2.45) is 5.92 Å². The summed E-state index contributed by atoms with van der Waals surface area (Å²) in [5.41, 5.74) is 1.93. The molecule has 1 heteroatoms. The van der Waals surface area contributed by atoms with Gasteiger partial charge < -0.3 is 5.32 Å². The first-order valence-corrected chi connectivity index (χ1v) is 7.59. The Morgan fingerprint density at radius 2 is 1.89 bits per heavy atom. The van der Waals surface area contributed by atoms with Crippen LogP contribution < -0.4 is 5.32 Å². The van der Waals surface area contributed by atoms with Crippen LogP contribution in [-0.2, 0) is 6.42 Å². The van der Waals surface area contributed by atoms with Crippen molar-refractivity contribution in [1.82, 2.24) is 5.32 Å². The highest BCUT2D eigenvalue weighted by molar-refractivity contribution is 5.85.